The molecule has 0 bridgehead atoms. The van der Waals surface area contributed by atoms with Crippen molar-refractivity contribution in [3.05, 3.63) is 91.2 Å². The molecule has 33 heavy (non-hydrogen) atoms. The van der Waals surface area contributed by atoms with E-state index in [1.807, 2.05) is 0 Å². The van der Waals surface area contributed by atoms with Gasteiger partial charge in [-0.05, 0) is 48.9 Å². The zero-order valence-corrected chi connectivity index (χ0v) is 18.2. The van der Waals surface area contributed by atoms with Gasteiger partial charge in [0.2, 0.25) is 0 Å². The topological polar surface area (TPSA) is 112 Å². The first-order valence-electron chi connectivity index (χ1n) is 9.21. The van der Waals surface area contributed by atoms with Gasteiger partial charge in [0, 0.05) is 11.1 Å². The minimum absolute atomic E-state index is 0.0150. The average molecular weight is 496 g/mol. The lowest BCUT2D eigenvalue weighted by atomic mass is 10.0. The van der Waals surface area contributed by atoms with E-state index < -0.39 is 38.6 Å². The van der Waals surface area contributed by atoms with Crippen LogP contribution in [-0.4, -0.2) is 18.4 Å². The first kappa shape index (κ1) is 22.6. The highest BCUT2D eigenvalue weighted by Crippen LogP contribution is 2.34. The molecule has 0 aliphatic rings. The van der Waals surface area contributed by atoms with Crippen LogP contribution in [0.3, 0.4) is 0 Å². The van der Waals surface area contributed by atoms with Crippen molar-refractivity contribution in [2.45, 2.75) is 11.8 Å². The van der Waals surface area contributed by atoms with Gasteiger partial charge in [-0.1, -0.05) is 17.7 Å². The fraction of sp³-hybridized carbons (Fsp3) is 0.0476. The van der Waals surface area contributed by atoms with Gasteiger partial charge in [0.1, 0.15) is 0 Å². The van der Waals surface area contributed by atoms with Gasteiger partial charge in [0.15, 0.2) is 17.5 Å². The highest BCUT2D eigenvalue weighted by Gasteiger charge is 2.21. The summed E-state index contributed by atoms with van der Waals surface area (Å²) in [5, 5.41) is -0.114. The second-order valence-electron chi connectivity index (χ2n) is 7.09. The second-order valence-corrected chi connectivity index (χ2v) is 9.15. The Morgan fingerprint density at radius 2 is 1.45 bits per heavy atom. The Morgan fingerprint density at radius 3 is 2.09 bits per heavy atom. The molecule has 0 aliphatic carbocycles. The van der Waals surface area contributed by atoms with Crippen LogP contribution in [0.4, 0.5) is 18.9 Å². The maximum absolute atomic E-state index is 14.1. The fourth-order valence-electron chi connectivity index (χ4n) is 3.28. The number of halogens is 4. The van der Waals surface area contributed by atoms with E-state index in [2.05, 4.69) is 14.7 Å². The number of anilines is 1. The molecule has 0 radical (unpaired) electrons. The molecule has 3 aromatic carbocycles. The van der Waals surface area contributed by atoms with Crippen molar-refractivity contribution in [1.82, 2.24) is 9.97 Å². The Balaban J connectivity index is 1.72. The molecule has 0 unspecified atom stereocenters. The summed E-state index contributed by atoms with van der Waals surface area (Å²) < 4.78 is 69.1. The Hall–Kier alpha value is -3.57. The SMILES string of the molecule is Cc1cc2[nH]c(=O)c(=O)[nH]c2cc1S(=O)(=O)Nc1ccc(-c2ccc(F)c(F)c2F)c(Cl)c1. The number of aromatic amines is 2. The van der Waals surface area contributed by atoms with E-state index in [1.54, 1.807) is 0 Å². The van der Waals surface area contributed by atoms with E-state index >= 15 is 0 Å². The maximum atomic E-state index is 14.1. The number of fused-ring (bicyclic) bond motifs is 1. The molecule has 0 saturated carbocycles. The quantitative estimate of drug-likeness (QED) is 0.293. The van der Waals surface area contributed by atoms with E-state index in [-0.39, 0.29) is 43.3 Å². The number of aryl methyl sites for hydroxylation is 1. The molecule has 0 spiro atoms. The largest absolute Gasteiger partial charge is 0.316 e. The molecule has 0 amide bonds. The van der Waals surface area contributed by atoms with Crippen molar-refractivity contribution < 1.29 is 21.6 Å². The summed E-state index contributed by atoms with van der Waals surface area (Å²) in [5.74, 6) is -4.43. The number of rotatable bonds is 4. The Labute approximate surface area is 188 Å². The monoisotopic (exact) mass is 495 g/mol. The van der Waals surface area contributed by atoms with Gasteiger partial charge >= 0.3 is 11.1 Å². The number of benzene rings is 3. The lowest BCUT2D eigenvalue weighted by Gasteiger charge is -2.13. The summed E-state index contributed by atoms with van der Waals surface area (Å²) in [7, 11) is -4.18. The molecule has 4 rings (SSSR count). The van der Waals surface area contributed by atoms with Crippen molar-refractivity contribution in [3.63, 3.8) is 0 Å². The zero-order valence-electron chi connectivity index (χ0n) is 16.6. The molecule has 1 heterocycles. The van der Waals surface area contributed by atoms with Crippen molar-refractivity contribution >= 4 is 38.3 Å². The van der Waals surface area contributed by atoms with Gasteiger partial charge < -0.3 is 9.97 Å². The lowest BCUT2D eigenvalue weighted by molar-refractivity contribution is 0.449. The van der Waals surface area contributed by atoms with Crippen molar-refractivity contribution in [2.24, 2.45) is 0 Å². The Kier molecular flexibility index (Phi) is 5.54. The predicted octanol–water partition coefficient (Wildman–Crippen LogP) is 4.06. The van der Waals surface area contributed by atoms with Crippen molar-refractivity contribution in [2.75, 3.05) is 4.72 Å². The third-order valence-electron chi connectivity index (χ3n) is 4.85. The molecule has 0 atom stereocenters. The van der Waals surface area contributed by atoms with E-state index in [1.165, 1.54) is 37.3 Å². The minimum Gasteiger partial charge on any atom is -0.316 e. The minimum atomic E-state index is -4.18. The first-order valence-corrected chi connectivity index (χ1v) is 11.1. The highest BCUT2D eigenvalue weighted by molar-refractivity contribution is 7.92. The number of H-pyrrole nitrogens is 2. The molecule has 7 nitrogen and oxygen atoms in total. The molecular weight excluding hydrogens is 483 g/mol. The molecule has 0 aliphatic heterocycles. The summed E-state index contributed by atoms with van der Waals surface area (Å²) >= 11 is 6.15. The van der Waals surface area contributed by atoms with Gasteiger partial charge in [-0.2, -0.15) is 0 Å². The lowest BCUT2D eigenvalue weighted by Crippen LogP contribution is -2.29. The fourth-order valence-corrected chi connectivity index (χ4v) is 4.87. The number of sulfonamides is 1. The molecule has 0 fully saturated rings. The predicted molar refractivity (Wildman–Crippen MR) is 117 cm³/mol. The Bertz CT molecular complexity index is 1670. The van der Waals surface area contributed by atoms with Crippen LogP contribution in [0.1, 0.15) is 5.56 Å². The van der Waals surface area contributed by atoms with Gasteiger partial charge in [0.05, 0.1) is 26.6 Å². The second kappa shape index (κ2) is 8.09. The molecule has 1 aromatic heterocycles. The summed E-state index contributed by atoms with van der Waals surface area (Å²) in [6.45, 7) is 1.50. The highest BCUT2D eigenvalue weighted by atomic mass is 35.5. The zero-order chi connectivity index (χ0) is 24.1. The van der Waals surface area contributed by atoms with E-state index in [9.17, 15) is 31.2 Å². The first-order chi connectivity index (χ1) is 15.5. The molecular formula is C21H13ClF3N3O4S. The van der Waals surface area contributed by atoms with Gasteiger partial charge in [-0.15, -0.1) is 0 Å². The number of aromatic nitrogens is 2. The van der Waals surface area contributed by atoms with Crippen molar-refractivity contribution in [1.29, 1.82) is 0 Å². The number of hydrogen-bond acceptors (Lipinski definition) is 4. The van der Waals surface area contributed by atoms with Crippen LogP contribution in [0.5, 0.6) is 0 Å². The molecule has 170 valence electrons. The number of nitrogens with one attached hydrogen (secondary N) is 3. The van der Waals surface area contributed by atoms with Crippen LogP contribution >= 0.6 is 11.6 Å². The summed E-state index contributed by atoms with van der Waals surface area (Å²) in [5.41, 5.74) is -1.43. The van der Waals surface area contributed by atoms with Gasteiger partial charge in [0.25, 0.3) is 10.0 Å². The number of hydrogen-bond donors (Lipinski definition) is 3. The molecule has 4 aromatic rings. The third-order valence-corrected chi connectivity index (χ3v) is 6.69. The normalized spacial score (nSPS) is 11.7. The van der Waals surface area contributed by atoms with Crippen molar-refractivity contribution in [3.8, 4) is 11.1 Å². The smallest absolute Gasteiger partial charge is 0.314 e. The van der Waals surface area contributed by atoms with Gasteiger partial charge in [-0.3, -0.25) is 14.3 Å². The van der Waals surface area contributed by atoms with Crippen LogP contribution < -0.4 is 15.8 Å². The standard InChI is InChI=1S/C21H13ClF3N3O4S/c1-9-6-15-16(27-21(30)20(29)26-15)8-17(9)33(31,32)28-10-2-3-11(13(22)7-10)12-4-5-14(23)19(25)18(12)24/h2-8,28H,1H3,(H,26,29)(H,27,30). The van der Waals surface area contributed by atoms with Crippen LogP contribution in [0.25, 0.3) is 22.2 Å². The molecule has 12 heteroatoms. The molecule has 3 N–H and O–H groups in total. The summed E-state index contributed by atoms with van der Waals surface area (Å²) in [6, 6.07) is 8.06. The maximum Gasteiger partial charge on any atom is 0.314 e. The average Bonchev–Trinajstić information content (AvgIpc) is 2.73. The van der Waals surface area contributed by atoms with E-state index in [0.717, 1.165) is 12.1 Å². The van der Waals surface area contributed by atoms with Crippen LogP contribution in [0.15, 0.2) is 56.9 Å². The van der Waals surface area contributed by atoms with Gasteiger partial charge in [-0.25, -0.2) is 21.6 Å². The van der Waals surface area contributed by atoms with Crippen LogP contribution in [0, 0.1) is 24.4 Å². The van der Waals surface area contributed by atoms with Crippen LogP contribution in [-0.2, 0) is 10.0 Å². The van der Waals surface area contributed by atoms with Crippen LogP contribution in [0.2, 0.25) is 5.02 Å². The third kappa shape index (κ3) is 4.12. The van der Waals surface area contributed by atoms with E-state index in [0.29, 0.717) is 0 Å². The summed E-state index contributed by atoms with van der Waals surface area (Å²) in [6.07, 6.45) is 0. The molecule has 0 saturated heterocycles. The van der Waals surface area contributed by atoms with E-state index in [4.69, 9.17) is 11.6 Å². The Morgan fingerprint density at radius 1 is 0.848 bits per heavy atom. The summed E-state index contributed by atoms with van der Waals surface area (Å²) in [4.78, 5) is 27.5.